The molecule has 0 fully saturated rings. The van der Waals surface area contributed by atoms with Gasteiger partial charge in [-0.3, -0.25) is 0 Å². The molecule has 3 rings (SSSR count). The molecule has 1 aromatic heterocycles. The van der Waals surface area contributed by atoms with Crippen LogP contribution in [0, 0.1) is 6.92 Å². The summed E-state index contributed by atoms with van der Waals surface area (Å²) in [6.45, 7) is 4.43. The van der Waals surface area contributed by atoms with Crippen LogP contribution in [0.15, 0.2) is 42.5 Å². The van der Waals surface area contributed by atoms with E-state index in [4.69, 9.17) is 18.9 Å². The standard InChI is InChI=1S/C26H28F3NO5S/c1-5-34-22(25(31)33-4)14-18-8-11-20(15-21(18)32-3)35-13-12-23-16(2)30-24(36-23)17-6-9-19(10-7-17)26(27,28)29/h6-11,15,22H,5,12-14H2,1-4H3/t22-/m0/s1. The van der Waals surface area contributed by atoms with Gasteiger partial charge in [0.15, 0.2) is 6.10 Å². The topological polar surface area (TPSA) is 66.9 Å². The minimum absolute atomic E-state index is 0.302. The van der Waals surface area contributed by atoms with Gasteiger partial charge in [0.05, 0.1) is 32.1 Å². The number of aryl methyl sites for hydroxylation is 1. The molecule has 0 radical (unpaired) electrons. The number of hydrogen-bond donors (Lipinski definition) is 0. The van der Waals surface area contributed by atoms with Crippen LogP contribution in [-0.4, -0.2) is 44.5 Å². The largest absolute Gasteiger partial charge is 0.496 e. The predicted octanol–water partition coefficient (Wildman–Crippen LogP) is 5.89. The molecule has 6 nitrogen and oxygen atoms in total. The Morgan fingerprint density at radius 3 is 2.44 bits per heavy atom. The van der Waals surface area contributed by atoms with Gasteiger partial charge in [-0.05, 0) is 37.6 Å². The van der Waals surface area contributed by atoms with Crippen LogP contribution in [0.3, 0.4) is 0 Å². The molecule has 3 aromatic rings. The summed E-state index contributed by atoms with van der Waals surface area (Å²) in [6, 6.07) is 10.4. The highest BCUT2D eigenvalue weighted by Crippen LogP contribution is 2.33. The number of nitrogens with zero attached hydrogens (tertiary/aromatic N) is 1. The lowest BCUT2D eigenvalue weighted by molar-refractivity contribution is -0.153. The fraction of sp³-hybridized carbons (Fsp3) is 0.385. The second-order valence-corrected chi connectivity index (χ2v) is 8.93. The first-order valence-corrected chi connectivity index (χ1v) is 12.1. The molecule has 1 atom stereocenters. The highest BCUT2D eigenvalue weighted by molar-refractivity contribution is 7.15. The average Bonchev–Trinajstić information content (AvgIpc) is 3.23. The van der Waals surface area contributed by atoms with E-state index in [0.717, 1.165) is 28.3 Å². The van der Waals surface area contributed by atoms with Gasteiger partial charge >= 0.3 is 12.1 Å². The monoisotopic (exact) mass is 523 g/mol. The number of hydrogen-bond acceptors (Lipinski definition) is 7. The number of alkyl halides is 3. The molecule has 0 bridgehead atoms. The maximum atomic E-state index is 12.8. The fourth-order valence-electron chi connectivity index (χ4n) is 3.57. The van der Waals surface area contributed by atoms with Crippen molar-refractivity contribution in [2.75, 3.05) is 27.4 Å². The molecule has 0 N–H and O–H groups in total. The van der Waals surface area contributed by atoms with E-state index in [1.165, 1.54) is 30.6 Å². The molecule has 0 saturated heterocycles. The molecule has 0 unspecified atom stereocenters. The smallest absolute Gasteiger partial charge is 0.416 e. The van der Waals surface area contributed by atoms with Crippen LogP contribution in [0.25, 0.3) is 10.6 Å². The van der Waals surface area contributed by atoms with Gasteiger partial charge in [-0.1, -0.05) is 18.2 Å². The number of thiazole rings is 1. The Balaban J connectivity index is 1.63. The summed E-state index contributed by atoms with van der Waals surface area (Å²) >= 11 is 1.43. The van der Waals surface area contributed by atoms with Gasteiger partial charge in [-0.15, -0.1) is 11.3 Å². The summed E-state index contributed by atoms with van der Waals surface area (Å²) in [7, 11) is 2.86. The third-order valence-corrected chi connectivity index (χ3v) is 6.71. The lowest BCUT2D eigenvalue weighted by atomic mass is 10.1. The first kappa shape index (κ1) is 27.5. The average molecular weight is 524 g/mol. The number of ether oxygens (including phenoxy) is 4. The minimum Gasteiger partial charge on any atom is -0.496 e. The van der Waals surface area contributed by atoms with Crippen LogP contribution >= 0.6 is 11.3 Å². The minimum atomic E-state index is -4.37. The van der Waals surface area contributed by atoms with Crippen molar-refractivity contribution in [3.63, 3.8) is 0 Å². The Morgan fingerprint density at radius 2 is 1.83 bits per heavy atom. The number of esters is 1. The van der Waals surface area contributed by atoms with Gasteiger partial charge in [-0.2, -0.15) is 13.2 Å². The number of aromatic nitrogens is 1. The predicted molar refractivity (Wildman–Crippen MR) is 131 cm³/mol. The summed E-state index contributed by atoms with van der Waals surface area (Å²) in [5.74, 6) is 0.723. The molecule has 194 valence electrons. The zero-order valence-electron chi connectivity index (χ0n) is 20.5. The molecule has 0 spiro atoms. The highest BCUT2D eigenvalue weighted by atomic mass is 32.1. The number of methoxy groups -OCH3 is 2. The maximum Gasteiger partial charge on any atom is 0.416 e. The number of halogens is 3. The SMILES string of the molecule is CCO[C@@H](Cc1ccc(OCCc2sc(-c3ccc(C(F)(F)F)cc3)nc2C)cc1OC)C(=O)OC. The van der Waals surface area contributed by atoms with Crippen molar-refractivity contribution in [1.82, 2.24) is 4.98 Å². The van der Waals surface area contributed by atoms with Crippen LogP contribution < -0.4 is 9.47 Å². The summed E-state index contributed by atoms with van der Waals surface area (Å²) in [5, 5.41) is 0.664. The number of carbonyl (C=O) groups excluding carboxylic acids is 1. The van der Waals surface area contributed by atoms with Crippen molar-refractivity contribution in [1.29, 1.82) is 0 Å². The van der Waals surface area contributed by atoms with E-state index in [9.17, 15) is 18.0 Å². The van der Waals surface area contributed by atoms with E-state index in [1.54, 1.807) is 26.2 Å². The van der Waals surface area contributed by atoms with Crippen molar-refractivity contribution in [3.8, 4) is 22.1 Å². The first-order valence-electron chi connectivity index (χ1n) is 11.3. The van der Waals surface area contributed by atoms with Gasteiger partial charge in [0.25, 0.3) is 0 Å². The number of benzene rings is 2. The van der Waals surface area contributed by atoms with Gasteiger partial charge < -0.3 is 18.9 Å². The van der Waals surface area contributed by atoms with E-state index in [-0.39, 0.29) is 0 Å². The van der Waals surface area contributed by atoms with E-state index < -0.39 is 23.8 Å². The van der Waals surface area contributed by atoms with E-state index in [0.29, 0.717) is 48.1 Å². The van der Waals surface area contributed by atoms with E-state index >= 15 is 0 Å². The van der Waals surface area contributed by atoms with Crippen LogP contribution in [0.4, 0.5) is 13.2 Å². The maximum absolute atomic E-state index is 12.8. The third kappa shape index (κ3) is 6.98. The highest BCUT2D eigenvalue weighted by Gasteiger charge is 2.30. The third-order valence-electron chi connectivity index (χ3n) is 5.45. The molecule has 0 aliphatic rings. The molecule has 0 saturated carbocycles. The quantitative estimate of drug-likeness (QED) is 0.292. The normalized spacial score (nSPS) is 12.3. The number of carbonyl (C=O) groups is 1. The Labute approximate surface area is 212 Å². The summed E-state index contributed by atoms with van der Waals surface area (Å²) in [5.41, 5.74) is 1.55. The summed E-state index contributed by atoms with van der Waals surface area (Å²) < 4.78 is 60.1. The van der Waals surface area contributed by atoms with Crippen LogP contribution in [0.2, 0.25) is 0 Å². The second-order valence-electron chi connectivity index (χ2n) is 7.85. The van der Waals surface area contributed by atoms with Crippen molar-refractivity contribution in [2.45, 2.75) is 39.0 Å². The van der Waals surface area contributed by atoms with E-state index in [1.807, 2.05) is 13.0 Å². The van der Waals surface area contributed by atoms with Gasteiger partial charge in [0, 0.05) is 36.0 Å². The van der Waals surface area contributed by atoms with Gasteiger partial charge in [0.2, 0.25) is 0 Å². The van der Waals surface area contributed by atoms with E-state index in [2.05, 4.69) is 4.98 Å². The van der Waals surface area contributed by atoms with Crippen LogP contribution in [0.5, 0.6) is 11.5 Å². The molecular weight excluding hydrogens is 495 g/mol. The molecule has 10 heteroatoms. The Hall–Kier alpha value is -3.11. The summed E-state index contributed by atoms with van der Waals surface area (Å²) in [4.78, 5) is 17.5. The Morgan fingerprint density at radius 1 is 1.11 bits per heavy atom. The zero-order chi connectivity index (χ0) is 26.3. The number of rotatable bonds is 11. The molecular formula is C26H28F3NO5S. The fourth-order valence-corrected chi connectivity index (χ4v) is 4.62. The first-order chi connectivity index (χ1) is 17.2. The van der Waals surface area contributed by atoms with Crippen molar-refractivity contribution in [2.24, 2.45) is 0 Å². The lowest BCUT2D eigenvalue weighted by Crippen LogP contribution is -2.28. The van der Waals surface area contributed by atoms with Crippen molar-refractivity contribution < 1.29 is 36.9 Å². The van der Waals surface area contributed by atoms with Crippen LogP contribution in [-0.2, 0) is 33.3 Å². The molecule has 0 aliphatic heterocycles. The van der Waals surface area contributed by atoms with Crippen molar-refractivity contribution in [3.05, 3.63) is 64.2 Å². The zero-order valence-corrected chi connectivity index (χ0v) is 21.3. The molecule has 36 heavy (non-hydrogen) atoms. The van der Waals surface area contributed by atoms with Gasteiger partial charge in [0.1, 0.15) is 16.5 Å². The Kier molecular flexibility index (Phi) is 9.33. The molecule has 0 amide bonds. The Bertz CT molecular complexity index is 1160. The van der Waals surface area contributed by atoms with Crippen LogP contribution in [0.1, 0.15) is 28.6 Å². The van der Waals surface area contributed by atoms with Crippen molar-refractivity contribution >= 4 is 17.3 Å². The summed E-state index contributed by atoms with van der Waals surface area (Å²) in [6.07, 6.45) is -4.21. The van der Waals surface area contributed by atoms with Gasteiger partial charge in [-0.25, -0.2) is 9.78 Å². The molecule has 2 aromatic carbocycles. The molecule has 0 aliphatic carbocycles. The lowest BCUT2D eigenvalue weighted by Gasteiger charge is -2.17. The second kappa shape index (κ2) is 12.2. The molecule has 1 heterocycles.